The van der Waals surface area contributed by atoms with Crippen LogP contribution in [0.15, 0.2) is 36.1 Å². The molecule has 1 aromatic rings. The van der Waals surface area contributed by atoms with Crippen molar-refractivity contribution in [3.63, 3.8) is 0 Å². The van der Waals surface area contributed by atoms with E-state index in [0.717, 1.165) is 17.7 Å². The fourth-order valence-electron chi connectivity index (χ4n) is 4.92. The molecule has 0 radical (unpaired) electrons. The summed E-state index contributed by atoms with van der Waals surface area (Å²) in [6, 6.07) is 7.88. The van der Waals surface area contributed by atoms with Crippen LogP contribution in [-0.4, -0.2) is 59.3 Å². The van der Waals surface area contributed by atoms with Crippen LogP contribution in [0.3, 0.4) is 0 Å². The first-order chi connectivity index (χ1) is 17.4. The van der Waals surface area contributed by atoms with E-state index in [1.165, 1.54) is 0 Å². The second-order valence-corrected chi connectivity index (χ2v) is 16.7. The SMILES string of the molecule is C/C=C(/[O-])C[C@@H]1C[C@H](OC)C[C@@]2(C[C@@H](O[Si](C)(C)C(C)(C)C)C[C@H](COCc3ccc(OC)cc3)O2)O1.[Li+]. The maximum atomic E-state index is 12.2. The van der Waals surface area contributed by atoms with Crippen LogP contribution < -0.4 is 28.7 Å². The Bertz CT molecular complexity index is 886. The molecule has 0 amide bonds. The fraction of sp³-hybridized carbons (Fsp3) is 0.724. The quantitative estimate of drug-likeness (QED) is 0.332. The van der Waals surface area contributed by atoms with Crippen molar-refractivity contribution < 1.29 is 52.1 Å². The van der Waals surface area contributed by atoms with Crippen LogP contribution in [0.4, 0.5) is 0 Å². The first-order valence-corrected chi connectivity index (χ1v) is 16.4. The van der Waals surface area contributed by atoms with Crippen molar-refractivity contribution >= 4 is 8.32 Å². The van der Waals surface area contributed by atoms with Gasteiger partial charge < -0.3 is 33.2 Å². The number of allylic oxidation sites excluding steroid dienone is 1. The second-order valence-electron chi connectivity index (χ2n) is 12.0. The molecule has 9 heteroatoms. The summed E-state index contributed by atoms with van der Waals surface area (Å²) in [4.78, 5) is 0. The molecule has 2 aliphatic heterocycles. The van der Waals surface area contributed by atoms with E-state index < -0.39 is 14.1 Å². The Hall–Kier alpha value is -0.826. The number of hydrogen-bond donors (Lipinski definition) is 0. The molecule has 0 aromatic heterocycles. The Kier molecular flexibility index (Phi) is 12.5. The maximum absolute atomic E-state index is 12.2. The monoisotopic (exact) mass is 542 g/mol. The van der Waals surface area contributed by atoms with Gasteiger partial charge in [-0.1, -0.05) is 39.0 Å². The summed E-state index contributed by atoms with van der Waals surface area (Å²) >= 11 is 0. The van der Waals surface area contributed by atoms with E-state index in [1.807, 2.05) is 24.3 Å². The van der Waals surface area contributed by atoms with Gasteiger partial charge in [-0.2, -0.15) is 0 Å². The fourth-order valence-corrected chi connectivity index (χ4v) is 6.28. The van der Waals surface area contributed by atoms with Gasteiger partial charge in [0.05, 0.1) is 44.7 Å². The van der Waals surface area contributed by atoms with E-state index in [1.54, 1.807) is 27.2 Å². The summed E-state index contributed by atoms with van der Waals surface area (Å²) in [5.74, 6) is 0.0285. The summed E-state index contributed by atoms with van der Waals surface area (Å²) in [7, 11) is 1.35. The third kappa shape index (κ3) is 9.10. The van der Waals surface area contributed by atoms with Crippen molar-refractivity contribution in [2.45, 2.75) is 115 Å². The van der Waals surface area contributed by atoms with Crippen LogP contribution in [-0.2, 0) is 30.0 Å². The van der Waals surface area contributed by atoms with Crippen LogP contribution >= 0.6 is 0 Å². The van der Waals surface area contributed by atoms with E-state index in [4.69, 9.17) is 28.1 Å². The van der Waals surface area contributed by atoms with Gasteiger partial charge in [-0.15, -0.1) is 5.76 Å². The summed E-state index contributed by atoms with van der Waals surface area (Å²) in [5.41, 5.74) is 1.07. The minimum atomic E-state index is -2.02. The van der Waals surface area contributed by atoms with Crippen LogP contribution in [0, 0.1) is 0 Å². The van der Waals surface area contributed by atoms with Crippen molar-refractivity contribution in [2.24, 2.45) is 0 Å². The average Bonchev–Trinajstić information content (AvgIpc) is 2.82. The number of hydrogen-bond acceptors (Lipinski definition) is 7. The molecule has 0 N–H and O–H groups in total. The topological polar surface area (TPSA) is 78.4 Å². The Morgan fingerprint density at radius 3 is 2.24 bits per heavy atom. The minimum absolute atomic E-state index is 0. The summed E-state index contributed by atoms with van der Waals surface area (Å²) < 4.78 is 37.3. The number of methoxy groups -OCH3 is 2. The van der Waals surface area contributed by atoms with E-state index >= 15 is 0 Å². The minimum Gasteiger partial charge on any atom is -0.876 e. The molecule has 0 bridgehead atoms. The predicted molar refractivity (Wildman–Crippen MR) is 145 cm³/mol. The molecule has 0 aliphatic carbocycles. The number of benzene rings is 1. The average molecular weight is 543 g/mol. The summed E-state index contributed by atoms with van der Waals surface area (Å²) in [6.07, 6.45) is 4.07. The standard InChI is InChI=1S/C29H48O7Si.Li/c1-9-22(30)14-24-15-25(32-6)17-29(34-24)18-26(36-37(7,8)28(2,3)4)16-27(35-29)20-33-19-21-10-12-23(31-5)13-11-21;/h9-13,24-27,30H,14-20H2,1-8H3;/q;+1/p-1/b22-9+;/t24-,25+,26+,27-,29-;/m1./s1. The predicted octanol–water partition coefficient (Wildman–Crippen LogP) is 2.33. The normalized spacial score (nSPS) is 28.7. The van der Waals surface area contributed by atoms with Crippen LogP contribution in [0.1, 0.15) is 65.4 Å². The van der Waals surface area contributed by atoms with Crippen molar-refractivity contribution in [1.82, 2.24) is 0 Å². The van der Waals surface area contributed by atoms with Crippen molar-refractivity contribution in [3.8, 4) is 5.75 Å². The first kappa shape index (κ1) is 33.4. The summed E-state index contributed by atoms with van der Waals surface area (Å²) in [6.45, 7) is 14.0. The maximum Gasteiger partial charge on any atom is 1.00 e. The molecule has 5 atom stereocenters. The zero-order valence-electron chi connectivity index (χ0n) is 25.0. The van der Waals surface area contributed by atoms with Gasteiger partial charge in [0.1, 0.15) is 5.75 Å². The van der Waals surface area contributed by atoms with Crippen LogP contribution in [0.5, 0.6) is 5.75 Å². The van der Waals surface area contributed by atoms with Gasteiger partial charge in [0.15, 0.2) is 14.1 Å². The molecule has 2 heterocycles. The van der Waals surface area contributed by atoms with Crippen LogP contribution in [0.2, 0.25) is 18.1 Å². The Morgan fingerprint density at radius 2 is 1.66 bits per heavy atom. The molecule has 2 fully saturated rings. The largest absolute Gasteiger partial charge is 1.00 e. The van der Waals surface area contributed by atoms with Crippen molar-refractivity contribution in [3.05, 3.63) is 41.7 Å². The zero-order chi connectivity index (χ0) is 27.3. The van der Waals surface area contributed by atoms with Gasteiger partial charge >= 0.3 is 18.9 Å². The Morgan fingerprint density at radius 1 is 1.05 bits per heavy atom. The molecule has 1 spiro atoms. The molecule has 0 unspecified atom stereocenters. The van der Waals surface area contributed by atoms with Crippen LogP contribution in [0.25, 0.3) is 0 Å². The van der Waals surface area contributed by atoms with Gasteiger partial charge in [-0.25, -0.2) is 0 Å². The third-order valence-corrected chi connectivity index (χ3v) is 12.5. The van der Waals surface area contributed by atoms with Crippen molar-refractivity contribution in [1.29, 1.82) is 0 Å². The second kappa shape index (κ2) is 14.2. The smallest absolute Gasteiger partial charge is 0.876 e. The van der Waals surface area contributed by atoms with Gasteiger partial charge in [-0.05, 0) is 49.2 Å². The molecule has 0 saturated carbocycles. The van der Waals surface area contributed by atoms with Gasteiger partial charge in [0.2, 0.25) is 0 Å². The molecular formula is C29H47LiO7Si. The first-order valence-electron chi connectivity index (χ1n) is 13.5. The van der Waals surface area contributed by atoms with E-state index in [9.17, 15) is 5.11 Å². The van der Waals surface area contributed by atoms with E-state index in [0.29, 0.717) is 38.9 Å². The molecule has 3 rings (SSSR count). The van der Waals surface area contributed by atoms with E-state index in [-0.39, 0.29) is 54.1 Å². The molecule has 38 heavy (non-hydrogen) atoms. The van der Waals surface area contributed by atoms with Gasteiger partial charge in [0.25, 0.3) is 0 Å². The number of rotatable bonds is 10. The molecule has 2 saturated heterocycles. The Labute approximate surface area is 242 Å². The van der Waals surface area contributed by atoms with Crippen molar-refractivity contribution in [2.75, 3.05) is 20.8 Å². The summed E-state index contributed by atoms with van der Waals surface area (Å²) in [5, 5.41) is 12.3. The molecule has 210 valence electrons. The Balaban J connectivity index is 0.00000507. The zero-order valence-corrected chi connectivity index (χ0v) is 26.0. The molecule has 1 aromatic carbocycles. The molecular weight excluding hydrogens is 495 g/mol. The third-order valence-electron chi connectivity index (χ3n) is 7.97. The van der Waals surface area contributed by atoms with E-state index in [2.05, 4.69) is 33.9 Å². The van der Waals surface area contributed by atoms with Gasteiger partial charge in [-0.3, -0.25) is 0 Å². The molecule has 2 aliphatic rings. The van der Waals surface area contributed by atoms with Gasteiger partial charge in [0, 0.05) is 32.8 Å². The number of ether oxygens (including phenoxy) is 5. The molecule has 7 nitrogen and oxygen atoms in total.